The number of amides is 1. The number of carbonyl (C=O) groups is 1. The Labute approximate surface area is 155 Å². The highest BCUT2D eigenvalue weighted by molar-refractivity contribution is 5.94. The lowest BCUT2D eigenvalue weighted by atomic mass is 10.1. The summed E-state index contributed by atoms with van der Waals surface area (Å²) < 4.78 is 0. The van der Waals surface area contributed by atoms with Crippen LogP contribution in [0.15, 0.2) is 48.5 Å². The van der Waals surface area contributed by atoms with Gasteiger partial charge in [-0.1, -0.05) is 25.0 Å². The quantitative estimate of drug-likeness (QED) is 0.892. The van der Waals surface area contributed by atoms with Crippen LogP contribution in [0.3, 0.4) is 0 Å². The molecule has 1 heterocycles. The Bertz CT molecular complexity index is 751. The predicted octanol–water partition coefficient (Wildman–Crippen LogP) is 3.91. The van der Waals surface area contributed by atoms with Gasteiger partial charge in [-0.3, -0.25) is 4.79 Å². The van der Waals surface area contributed by atoms with Crippen LogP contribution in [0, 0.1) is 11.3 Å². The molecule has 0 bridgehead atoms. The number of benzene rings is 2. The van der Waals surface area contributed by atoms with Gasteiger partial charge in [0.15, 0.2) is 0 Å². The lowest BCUT2D eigenvalue weighted by Gasteiger charge is -2.22. The van der Waals surface area contributed by atoms with Crippen molar-refractivity contribution in [2.24, 2.45) is 0 Å². The Hall–Kier alpha value is -2.80. The number of nitriles is 1. The fraction of sp³-hybridized carbons (Fsp3) is 0.364. The van der Waals surface area contributed by atoms with Gasteiger partial charge in [-0.2, -0.15) is 5.26 Å². The third-order valence-electron chi connectivity index (χ3n) is 4.88. The molecule has 1 aliphatic heterocycles. The maximum absolute atomic E-state index is 12.1. The average molecular weight is 347 g/mol. The third kappa shape index (κ3) is 4.86. The standard InChI is InChI=1S/C22H25N3O/c23-17-19-5-9-20(10-6-19)22(26)24-14-13-18-7-11-21(12-8-18)25-15-3-1-2-4-16-25/h5-12H,1-4,13-16H2,(H,24,26). The SMILES string of the molecule is N#Cc1ccc(C(=O)NCCc2ccc(N3CCCCCC3)cc2)cc1. The summed E-state index contributed by atoms with van der Waals surface area (Å²) in [5.41, 5.74) is 3.67. The highest BCUT2D eigenvalue weighted by Crippen LogP contribution is 2.20. The second-order valence-electron chi connectivity index (χ2n) is 6.76. The van der Waals surface area contributed by atoms with Crippen LogP contribution in [0.4, 0.5) is 5.69 Å². The molecule has 1 fully saturated rings. The lowest BCUT2D eigenvalue weighted by molar-refractivity contribution is 0.0954. The summed E-state index contributed by atoms with van der Waals surface area (Å²) in [5.74, 6) is -0.101. The average Bonchev–Trinajstić information content (AvgIpc) is 2.98. The van der Waals surface area contributed by atoms with E-state index in [2.05, 4.69) is 40.6 Å². The molecule has 0 aliphatic carbocycles. The number of rotatable bonds is 5. The molecule has 0 saturated carbocycles. The minimum Gasteiger partial charge on any atom is -0.372 e. The van der Waals surface area contributed by atoms with E-state index in [1.807, 2.05) is 0 Å². The fourth-order valence-electron chi connectivity index (χ4n) is 3.32. The van der Waals surface area contributed by atoms with Gasteiger partial charge in [0.2, 0.25) is 0 Å². The second kappa shape index (κ2) is 9.05. The van der Waals surface area contributed by atoms with Crippen molar-refractivity contribution >= 4 is 11.6 Å². The van der Waals surface area contributed by atoms with E-state index in [-0.39, 0.29) is 5.91 Å². The van der Waals surface area contributed by atoms with E-state index in [1.165, 1.54) is 36.9 Å². The van der Waals surface area contributed by atoms with Crippen LogP contribution in [0.5, 0.6) is 0 Å². The first kappa shape index (κ1) is 18.0. The van der Waals surface area contributed by atoms with Crippen molar-refractivity contribution in [3.8, 4) is 6.07 Å². The van der Waals surface area contributed by atoms with Crippen LogP contribution in [0.1, 0.15) is 47.2 Å². The molecule has 1 N–H and O–H groups in total. The first-order valence-corrected chi connectivity index (χ1v) is 9.38. The lowest BCUT2D eigenvalue weighted by Crippen LogP contribution is -2.25. The molecule has 1 saturated heterocycles. The molecule has 4 nitrogen and oxygen atoms in total. The van der Waals surface area contributed by atoms with Crippen LogP contribution in [-0.2, 0) is 6.42 Å². The zero-order valence-corrected chi connectivity index (χ0v) is 15.1. The Morgan fingerprint density at radius 1 is 0.962 bits per heavy atom. The summed E-state index contributed by atoms with van der Waals surface area (Å²) in [6.07, 6.45) is 6.05. The van der Waals surface area contributed by atoms with Crippen molar-refractivity contribution in [2.75, 3.05) is 24.5 Å². The molecule has 2 aromatic rings. The fourth-order valence-corrected chi connectivity index (χ4v) is 3.32. The van der Waals surface area contributed by atoms with Crippen LogP contribution >= 0.6 is 0 Å². The van der Waals surface area contributed by atoms with Crippen LogP contribution in [-0.4, -0.2) is 25.5 Å². The van der Waals surface area contributed by atoms with E-state index in [1.54, 1.807) is 24.3 Å². The zero-order chi connectivity index (χ0) is 18.2. The van der Waals surface area contributed by atoms with E-state index in [4.69, 9.17) is 5.26 Å². The molecule has 26 heavy (non-hydrogen) atoms. The topological polar surface area (TPSA) is 56.1 Å². The minimum atomic E-state index is -0.101. The Balaban J connectivity index is 1.48. The molecule has 0 unspecified atom stereocenters. The van der Waals surface area contributed by atoms with Crippen LogP contribution in [0.2, 0.25) is 0 Å². The van der Waals surface area contributed by atoms with Gasteiger partial charge in [-0.05, 0) is 61.2 Å². The summed E-state index contributed by atoms with van der Waals surface area (Å²) in [6, 6.07) is 17.5. The van der Waals surface area contributed by atoms with Crippen molar-refractivity contribution in [3.63, 3.8) is 0 Å². The molecule has 0 aromatic heterocycles. The van der Waals surface area contributed by atoms with Gasteiger partial charge in [0.25, 0.3) is 5.91 Å². The highest BCUT2D eigenvalue weighted by Gasteiger charge is 2.10. The number of anilines is 1. The molecule has 0 atom stereocenters. The maximum atomic E-state index is 12.1. The smallest absolute Gasteiger partial charge is 0.251 e. The molecule has 134 valence electrons. The Kier molecular flexibility index (Phi) is 6.27. The highest BCUT2D eigenvalue weighted by atomic mass is 16.1. The normalized spacial score (nSPS) is 14.3. The summed E-state index contributed by atoms with van der Waals surface area (Å²) in [4.78, 5) is 14.6. The Morgan fingerprint density at radius 3 is 2.23 bits per heavy atom. The van der Waals surface area contributed by atoms with Crippen molar-refractivity contribution in [1.82, 2.24) is 5.32 Å². The molecule has 0 spiro atoms. The molecule has 1 aliphatic rings. The van der Waals surface area contributed by atoms with Gasteiger partial charge in [0.05, 0.1) is 11.6 Å². The molecule has 0 radical (unpaired) electrons. The molecule has 3 rings (SSSR count). The first-order chi connectivity index (χ1) is 12.8. The molecule has 1 amide bonds. The van der Waals surface area contributed by atoms with Crippen molar-refractivity contribution in [3.05, 3.63) is 65.2 Å². The zero-order valence-electron chi connectivity index (χ0n) is 15.1. The van der Waals surface area contributed by atoms with E-state index in [0.717, 1.165) is 19.5 Å². The summed E-state index contributed by atoms with van der Waals surface area (Å²) in [6.45, 7) is 2.90. The minimum absolute atomic E-state index is 0.101. The van der Waals surface area contributed by atoms with Crippen molar-refractivity contribution < 1.29 is 4.79 Å². The molecule has 2 aromatic carbocycles. The number of hydrogen-bond acceptors (Lipinski definition) is 3. The van der Waals surface area contributed by atoms with Crippen molar-refractivity contribution in [1.29, 1.82) is 5.26 Å². The van der Waals surface area contributed by atoms with E-state index in [0.29, 0.717) is 17.7 Å². The third-order valence-corrected chi connectivity index (χ3v) is 4.88. The van der Waals surface area contributed by atoms with Gasteiger partial charge >= 0.3 is 0 Å². The summed E-state index contributed by atoms with van der Waals surface area (Å²) >= 11 is 0. The van der Waals surface area contributed by atoms with Crippen LogP contribution in [0.25, 0.3) is 0 Å². The summed E-state index contributed by atoms with van der Waals surface area (Å²) in [7, 11) is 0. The number of carbonyl (C=O) groups excluding carboxylic acids is 1. The van der Waals surface area contributed by atoms with Gasteiger partial charge in [-0.25, -0.2) is 0 Å². The van der Waals surface area contributed by atoms with Gasteiger partial charge in [0.1, 0.15) is 0 Å². The van der Waals surface area contributed by atoms with Crippen molar-refractivity contribution in [2.45, 2.75) is 32.1 Å². The maximum Gasteiger partial charge on any atom is 0.251 e. The second-order valence-corrected chi connectivity index (χ2v) is 6.76. The Morgan fingerprint density at radius 2 is 1.62 bits per heavy atom. The monoisotopic (exact) mass is 347 g/mol. The van der Waals surface area contributed by atoms with Gasteiger partial charge in [-0.15, -0.1) is 0 Å². The first-order valence-electron chi connectivity index (χ1n) is 9.38. The number of nitrogens with zero attached hydrogens (tertiary/aromatic N) is 2. The molecule has 4 heteroatoms. The van der Waals surface area contributed by atoms with E-state index < -0.39 is 0 Å². The number of nitrogens with one attached hydrogen (secondary N) is 1. The molecular weight excluding hydrogens is 322 g/mol. The predicted molar refractivity (Wildman–Crippen MR) is 104 cm³/mol. The van der Waals surface area contributed by atoms with E-state index >= 15 is 0 Å². The van der Waals surface area contributed by atoms with Crippen LogP contribution < -0.4 is 10.2 Å². The molecular formula is C22H25N3O. The van der Waals surface area contributed by atoms with Gasteiger partial charge in [0, 0.05) is 30.9 Å². The number of hydrogen-bond donors (Lipinski definition) is 1. The van der Waals surface area contributed by atoms with Gasteiger partial charge < -0.3 is 10.2 Å². The largest absolute Gasteiger partial charge is 0.372 e. The summed E-state index contributed by atoms with van der Waals surface area (Å²) in [5, 5.41) is 11.7. The van der Waals surface area contributed by atoms with E-state index in [9.17, 15) is 4.79 Å².